The molecule has 164 valence electrons. The van der Waals surface area contributed by atoms with Gasteiger partial charge in [-0.05, 0) is 57.9 Å². The summed E-state index contributed by atoms with van der Waals surface area (Å²) in [6.07, 6.45) is -0.630. The number of ether oxygens (including phenoxy) is 1. The Morgan fingerprint density at radius 2 is 1.62 bits per heavy atom. The van der Waals surface area contributed by atoms with Crippen LogP contribution in [0.3, 0.4) is 0 Å². The van der Waals surface area contributed by atoms with E-state index in [4.69, 9.17) is 16.3 Å². The minimum atomic E-state index is -1.18. The molecule has 7 nitrogen and oxygen atoms in total. The Morgan fingerprint density at radius 3 is 2.28 bits per heavy atom. The van der Waals surface area contributed by atoms with E-state index in [0.29, 0.717) is 15.7 Å². The fourth-order valence-corrected chi connectivity index (χ4v) is 3.42. The molecule has 3 rings (SSSR count). The molecule has 0 heterocycles. The van der Waals surface area contributed by atoms with Crippen molar-refractivity contribution in [2.24, 2.45) is 0 Å². The summed E-state index contributed by atoms with van der Waals surface area (Å²) in [5, 5.41) is 14.8. The minimum absolute atomic E-state index is 0.0367. The van der Waals surface area contributed by atoms with Gasteiger partial charge >= 0.3 is 12.1 Å². The second-order valence-corrected chi connectivity index (χ2v) is 7.95. The number of aliphatic carboxylic acids is 1. The number of amides is 2. The number of hydrogen-bond donors (Lipinski definition) is 3. The van der Waals surface area contributed by atoms with Crippen LogP contribution in [0, 0.1) is 0 Å². The quantitative estimate of drug-likeness (QED) is 0.403. The summed E-state index contributed by atoms with van der Waals surface area (Å²) in [6.45, 7) is 0. The lowest BCUT2D eigenvalue weighted by atomic mass is 10.1. The molecule has 0 aliphatic heterocycles. The average Bonchev–Trinajstić information content (AvgIpc) is 2.76. The molecule has 0 unspecified atom stereocenters. The largest absolute Gasteiger partial charge is 0.480 e. The van der Waals surface area contributed by atoms with Crippen LogP contribution in [0.15, 0.2) is 77.3 Å². The molecule has 32 heavy (non-hydrogen) atoms. The number of anilines is 1. The molecule has 0 fully saturated rings. The van der Waals surface area contributed by atoms with Crippen molar-refractivity contribution >= 4 is 51.2 Å². The SMILES string of the molecule is O=C(Nc1ccccc1Br)Oc1ccc(C[C@H](NC(=O)c2ccccc2Cl)C(=O)O)cc1. The fraction of sp³-hybridized carbons (Fsp3) is 0.0870. The predicted molar refractivity (Wildman–Crippen MR) is 124 cm³/mol. The van der Waals surface area contributed by atoms with Crippen LogP contribution in [-0.4, -0.2) is 29.1 Å². The molecule has 1 atom stereocenters. The Labute approximate surface area is 197 Å². The molecule has 2 amide bonds. The molecule has 0 spiro atoms. The molecular formula is C23H18BrClN2O5. The molecule has 0 bridgehead atoms. The maximum atomic E-state index is 12.4. The first-order chi connectivity index (χ1) is 15.3. The van der Waals surface area contributed by atoms with Crippen molar-refractivity contribution in [3.05, 3.63) is 93.4 Å². The number of benzene rings is 3. The standard InChI is InChI=1S/C23H18BrClN2O5/c24-17-6-2-4-8-19(17)27-23(31)32-15-11-9-14(10-12-15)13-20(22(29)30)26-21(28)16-5-1-3-7-18(16)25/h1-12,20H,13H2,(H,26,28)(H,27,31)(H,29,30)/t20-/m0/s1. The zero-order valence-corrected chi connectivity index (χ0v) is 18.9. The van der Waals surface area contributed by atoms with Crippen molar-refractivity contribution in [2.75, 3.05) is 5.32 Å². The van der Waals surface area contributed by atoms with E-state index in [9.17, 15) is 19.5 Å². The third-order valence-corrected chi connectivity index (χ3v) is 5.43. The van der Waals surface area contributed by atoms with Crippen LogP contribution < -0.4 is 15.4 Å². The molecule has 0 aliphatic rings. The van der Waals surface area contributed by atoms with Gasteiger partial charge in [0.1, 0.15) is 11.8 Å². The Balaban J connectivity index is 1.61. The van der Waals surface area contributed by atoms with Gasteiger partial charge in [0, 0.05) is 10.9 Å². The first kappa shape index (κ1) is 23.3. The molecule has 9 heteroatoms. The van der Waals surface area contributed by atoms with Gasteiger partial charge in [-0.2, -0.15) is 0 Å². The van der Waals surface area contributed by atoms with Crippen LogP contribution in [-0.2, 0) is 11.2 Å². The first-order valence-electron chi connectivity index (χ1n) is 9.44. The number of halogens is 2. The van der Waals surface area contributed by atoms with Gasteiger partial charge in [0.2, 0.25) is 0 Å². The van der Waals surface area contributed by atoms with Crippen LogP contribution in [0.5, 0.6) is 5.75 Å². The zero-order valence-electron chi connectivity index (χ0n) is 16.5. The van der Waals surface area contributed by atoms with E-state index in [-0.39, 0.29) is 22.8 Å². The van der Waals surface area contributed by atoms with Crippen LogP contribution in [0.4, 0.5) is 10.5 Å². The minimum Gasteiger partial charge on any atom is -0.480 e. The van der Waals surface area contributed by atoms with Gasteiger partial charge < -0.3 is 15.2 Å². The molecule has 3 aromatic carbocycles. The molecule has 0 radical (unpaired) electrons. The predicted octanol–water partition coefficient (Wildman–Crippen LogP) is 5.14. The second kappa shape index (κ2) is 10.8. The molecule has 0 saturated heterocycles. The van der Waals surface area contributed by atoms with E-state index in [1.807, 2.05) is 6.07 Å². The second-order valence-electron chi connectivity index (χ2n) is 6.69. The van der Waals surface area contributed by atoms with Crippen molar-refractivity contribution < 1.29 is 24.2 Å². The monoisotopic (exact) mass is 516 g/mol. The Kier molecular flexibility index (Phi) is 7.86. The Morgan fingerprint density at radius 1 is 0.969 bits per heavy atom. The number of hydrogen-bond acceptors (Lipinski definition) is 4. The lowest BCUT2D eigenvalue weighted by Gasteiger charge is -2.15. The highest BCUT2D eigenvalue weighted by molar-refractivity contribution is 9.10. The summed E-state index contributed by atoms with van der Waals surface area (Å²) in [5.74, 6) is -1.48. The molecule has 3 aromatic rings. The van der Waals surface area contributed by atoms with Crippen molar-refractivity contribution in [3.63, 3.8) is 0 Å². The zero-order chi connectivity index (χ0) is 23.1. The van der Waals surface area contributed by atoms with E-state index < -0.39 is 24.0 Å². The normalized spacial score (nSPS) is 11.3. The molecule has 0 aliphatic carbocycles. The number of nitrogens with one attached hydrogen (secondary N) is 2. The first-order valence-corrected chi connectivity index (χ1v) is 10.6. The van der Waals surface area contributed by atoms with Crippen molar-refractivity contribution in [1.29, 1.82) is 0 Å². The summed E-state index contributed by atoms with van der Waals surface area (Å²) < 4.78 is 5.96. The van der Waals surface area contributed by atoms with Crippen molar-refractivity contribution in [3.8, 4) is 5.75 Å². The smallest absolute Gasteiger partial charge is 0.417 e. The van der Waals surface area contributed by atoms with E-state index in [1.54, 1.807) is 60.7 Å². The summed E-state index contributed by atoms with van der Waals surface area (Å²) in [7, 11) is 0. The highest BCUT2D eigenvalue weighted by atomic mass is 79.9. The number of carbonyl (C=O) groups is 3. The highest BCUT2D eigenvalue weighted by Crippen LogP contribution is 2.22. The summed E-state index contributed by atoms with van der Waals surface area (Å²) in [6, 6.07) is 18.7. The van der Waals surface area contributed by atoms with Crippen molar-refractivity contribution in [1.82, 2.24) is 5.32 Å². The van der Waals surface area contributed by atoms with Gasteiger partial charge in [-0.1, -0.05) is 48.0 Å². The lowest BCUT2D eigenvalue weighted by molar-refractivity contribution is -0.139. The van der Waals surface area contributed by atoms with Gasteiger partial charge in [-0.15, -0.1) is 0 Å². The van der Waals surface area contributed by atoms with E-state index in [1.165, 1.54) is 6.07 Å². The van der Waals surface area contributed by atoms with Crippen LogP contribution in [0.25, 0.3) is 0 Å². The van der Waals surface area contributed by atoms with Gasteiger partial charge in [-0.3, -0.25) is 10.1 Å². The topological polar surface area (TPSA) is 105 Å². The lowest BCUT2D eigenvalue weighted by Crippen LogP contribution is -2.42. The third-order valence-electron chi connectivity index (χ3n) is 4.41. The van der Waals surface area contributed by atoms with E-state index in [0.717, 1.165) is 0 Å². The number of carboxylic acid groups (broad SMARTS) is 1. The van der Waals surface area contributed by atoms with Crippen molar-refractivity contribution in [2.45, 2.75) is 12.5 Å². The molecular weight excluding hydrogens is 500 g/mol. The number of para-hydroxylation sites is 1. The van der Waals surface area contributed by atoms with E-state index in [2.05, 4.69) is 26.6 Å². The fourth-order valence-electron chi connectivity index (χ4n) is 2.82. The van der Waals surface area contributed by atoms with E-state index >= 15 is 0 Å². The van der Waals surface area contributed by atoms with Gasteiger partial charge in [0.25, 0.3) is 5.91 Å². The summed E-state index contributed by atoms with van der Waals surface area (Å²) >= 11 is 9.34. The molecule has 0 aromatic heterocycles. The molecule has 0 saturated carbocycles. The number of carboxylic acids is 1. The van der Waals surface area contributed by atoms with Crippen LogP contribution in [0.2, 0.25) is 5.02 Å². The number of carbonyl (C=O) groups excluding carboxylic acids is 2. The Bertz CT molecular complexity index is 1140. The van der Waals surface area contributed by atoms with Gasteiger partial charge in [0.05, 0.1) is 16.3 Å². The summed E-state index contributed by atoms with van der Waals surface area (Å²) in [5.41, 5.74) is 1.39. The maximum Gasteiger partial charge on any atom is 0.417 e. The third kappa shape index (κ3) is 6.32. The summed E-state index contributed by atoms with van der Waals surface area (Å²) in [4.78, 5) is 36.1. The highest BCUT2D eigenvalue weighted by Gasteiger charge is 2.22. The van der Waals surface area contributed by atoms with Gasteiger partial charge in [-0.25, -0.2) is 9.59 Å². The van der Waals surface area contributed by atoms with Crippen LogP contribution >= 0.6 is 27.5 Å². The molecule has 3 N–H and O–H groups in total. The van der Waals surface area contributed by atoms with Gasteiger partial charge in [0.15, 0.2) is 0 Å². The average molecular weight is 518 g/mol. The Hall–Kier alpha value is -3.36. The van der Waals surface area contributed by atoms with Crippen LogP contribution in [0.1, 0.15) is 15.9 Å². The number of rotatable bonds is 7. The maximum absolute atomic E-state index is 12.4.